The maximum absolute atomic E-state index is 11.6. The van der Waals surface area contributed by atoms with Crippen molar-refractivity contribution in [3.63, 3.8) is 0 Å². The Kier molecular flexibility index (Phi) is 20.5. The van der Waals surface area contributed by atoms with Gasteiger partial charge in [-0.3, -0.25) is 4.79 Å². The van der Waals surface area contributed by atoms with Crippen LogP contribution >= 0.6 is 0 Å². The van der Waals surface area contributed by atoms with Crippen molar-refractivity contribution in [3.8, 4) is 0 Å². The van der Waals surface area contributed by atoms with Gasteiger partial charge in [0.15, 0.2) is 0 Å². The average molecular weight is 439 g/mol. The first-order chi connectivity index (χ1) is 14.9. The Morgan fingerprint density at radius 3 is 2.10 bits per heavy atom. The van der Waals surface area contributed by atoms with Gasteiger partial charge in [-0.05, 0) is 50.4 Å². The van der Waals surface area contributed by atoms with E-state index in [1.807, 2.05) is 0 Å². The van der Waals surface area contributed by atoms with Gasteiger partial charge in [0.25, 0.3) is 0 Å². The molecule has 3 nitrogen and oxygen atoms in total. The summed E-state index contributed by atoms with van der Waals surface area (Å²) < 4.78 is 0. The fraction of sp³-hybridized carbons (Fsp3) is 0.893. The molecule has 0 saturated carbocycles. The first-order valence-corrected chi connectivity index (χ1v) is 13.5. The molecule has 0 bridgehead atoms. The van der Waals surface area contributed by atoms with Crippen molar-refractivity contribution in [2.75, 3.05) is 0 Å². The Bertz CT molecular complexity index is 432. The normalized spacial score (nSPS) is 15.8. The van der Waals surface area contributed by atoms with Gasteiger partial charge < -0.3 is 10.2 Å². The van der Waals surface area contributed by atoms with E-state index in [4.69, 9.17) is 0 Å². The molecule has 0 heterocycles. The summed E-state index contributed by atoms with van der Waals surface area (Å²) in [5, 5.41) is 19.5. The smallest absolute Gasteiger partial charge is 0.306 e. The topological polar surface area (TPSA) is 57.5 Å². The number of hydrogen-bond donors (Lipinski definition) is 2. The average Bonchev–Trinajstić information content (AvgIpc) is 2.74. The highest BCUT2D eigenvalue weighted by Crippen LogP contribution is 2.24. The summed E-state index contributed by atoms with van der Waals surface area (Å²) >= 11 is 0. The summed E-state index contributed by atoms with van der Waals surface area (Å²) in [4.78, 5) is 11.6. The molecular formula is C28H54O3. The molecule has 3 heteroatoms. The lowest BCUT2D eigenvalue weighted by molar-refractivity contribution is -0.142. The quantitative estimate of drug-likeness (QED) is 0.131. The van der Waals surface area contributed by atoms with Gasteiger partial charge in [-0.1, -0.05) is 110 Å². The van der Waals surface area contributed by atoms with Crippen LogP contribution in [0.3, 0.4) is 0 Å². The molecule has 0 rings (SSSR count). The number of unbranched alkanes of at least 4 members (excludes halogenated alkanes) is 7. The van der Waals surface area contributed by atoms with Crippen LogP contribution < -0.4 is 0 Å². The van der Waals surface area contributed by atoms with Gasteiger partial charge in [0.2, 0.25) is 0 Å². The number of aliphatic hydroxyl groups excluding tert-OH is 1. The first-order valence-electron chi connectivity index (χ1n) is 13.5. The minimum Gasteiger partial charge on any atom is -0.481 e. The fourth-order valence-electron chi connectivity index (χ4n) is 4.27. The third-order valence-corrected chi connectivity index (χ3v) is 6.77. The second-order valence-electron chi connectivity index (χ2n) is 10.0. The van der Waals surface area contributed by atoms with Crippen LogP contribution in [0.1, 0.15) is 137 Å². The van der Waals surface area contributed by atoms with E-state index in [0.717, 1.165) is 70.1 Å². The standard InChI is InChI=1S/C28H54O3/c1-5-7-8-15-21-27(29)22-16-13-11-9-10-12-14-20-26(28(30)31)23-25(4)19-17-18-24(3)6-2/h13,16,24-27,29H,5-12,14-15,17-23H2,1-4H3,(H,30,31)/b16-13-/t24?,25?,26?,27-/m1/s1. The summed E-state index contributed by atoms with van der Waals surface area (Å²) in [6, 6.07) is 0. The molecule has 0 fully saturated rings. The van der Waals surface area contributed by atoms with Crippen LogP contribution in [0, 0.1) is 17.8 Å². The van der Waals surface area contributed by atoms with E-state index in [9.17, 15) is 15.0 Å². The molecule has 0 aliphatic carbocycles. The lowest BCUT2D eigenvalue weighted by Crippen LogP contribution is -2.17. The van der Waals surface area contributed by atoms with E-state index < -0.39 is 5.97 Å². The number of allylic oxidation sites excluding steroid dienone is 1. The van der Waals surface area contributed by atoms with Gasteiger partial charge in [-0.25, -0.2) is 0 Å². The highest BCUT2D eigenvalue weighted by atomic mass is 16.4. The maximum atomic E-state index is 11.6. The van der Waals surface area contributed by atoms with Crippen LogP contribution in [0.2, 0.25) is 0 Å². The molecule has 31 heavy (non-hydrogen) atoms. The molecule has 0 aromatic heterocycles. The molecule has 0 amide bonds. The summed E-state index contributed by atoms with van der Waals surface area (Å²) in [6.45, 7) is 8.98. The predicted octanol–water partition coefficient (Wildman–Crippen LogP) is 8.55. The second-order valence-corrected chi connectivity index (χ2v) is 10.0. The van der Waals surface area contributed by atoms with Crippen molar-refractivity contribution in [1.29, 1.82) is 0 Å². The number of hydrogen-bond acceptors (Lipinski definition) is 2. The van der Waals surface area contributed by atoms with E-state index >= 15 is 0 Å². The zero-order valence-electron chi connectivity index (χ0n) is 21.3. The third-order valence-electron chi connectivity index (χ3n) is 6.77. The van der Waals surface area contributed by atoms with Crippen LogP contribution in [0.5, 0.6) is 0 Å². The van der Waals surface area contributed by atoms with E-state index in [1.165, 1.54) is 44.9 Å². The molecule has 0 aliphatic rings. The van der Waals surface area contributed by atoms with Crippen molar-refractivity contribution >= 4 is 5.97 Å². The first kappa shape index (κ1) is 30.2. The summed E-state index contributed by atoms with van der Waals surface area (Å²) in [7, 11) is 0. The molecular weight excluding hydrogens is 384 g/mol. The Labute approximate surface area is 194 Å². The van der Waals surface area contributed by atoms with E-state index in [0.29, 0.717) is 5.92 Å². The number of rotatable bonds is 22. The molecule has 0 spiro atoms. The highest BCUT2D eigenvalue weighted by Gasteiger charge is 2.20. The molecule has 4 atom stereocenters. The largest absolute Gasteiger partial charge is 0.481 e. The van der Waals surface area contributed by atoms with Gasteiger partial charge >= 0.3 is 5.97 Å². The molecule has 0 aliphatic heterocycles. The van der Waals surface area contributed by atoms with Crippen molar-refractivity contribution in [1.82, 2.24) is 0 Å². The molecule has 3 unspecified atom stereocenters. The van der Waals surface area contributed by atoms with Gasteiger partial charge in [0.1, 0.15) is 0 Å². The van der Waals surface area contributed by atoms with Crippen LogP contribution in [0.25, 0.3) is 0 Å². The number of carboxylic acid groups (broad SMARTS) is 1. The van der Waals surface area contributed by atoms with Crippen molar-refractivity contribution in [2.45, 2.75) is 143 Å². The van der Waals surface area contributed by atoms with Crippen molar-refractivity contribution < 1.29 is 15.0 Å². The Hall–Kier alpha value is -0.830. The number of aliphatic hydroxyl groups is 1. The zero-order chi connectivity index (χ0) is 23.3. The summed E-state index contributed by atoms with van der Waals surface area (Å²) in [5.74, 6) is 0.525. The fourth-order valence-corrected chi connectivity index (χ4v) is 4.27. The van der Waals surface area contributed by atoms with E-state index in [1.54, 1.807) is 0 Å². The number of carboxylic acids is 1. The summed E-state index contributed by atoms with van der Waals surface area (Å²) in [6.07, 6.45) is 22.8. The second kappa shape index (κ2) is 21.0. The SMILES string of the molecule is CCCCCC[C@@H](O)C/C=C\CCCCCCC(CC(C)CCCC(C)CC)C(=O)O. The highest BCUT2D eigenvalue weighted by molar-refractivity contribution is 5.69. The third kappa shape index (κ3) is 19.6. The molecule has 0 aromatic carbocycles. The van der Waals surface area contributed by atoms with Gasteiger partial charge in [0, 0.05) is 0 Å². The Morgan fingerprint density at radius 1 is 0.774 bits per heavy atom. The zero-order valence-corrected chi connectivity index (χ0v) is 21.3. The lowest BCUT2D eigenvalue weighted by atomic mass is 9.87. The van der Waals surface area contributed by atoms with Crippen LogP contribution in [-0.2, 0) is 4.79 Å². The molecule has 184 valence electrons. The minimum absolute atomic E-state index is 0.169. The van der Waals surface area contributed by atoms with E-state index in [2.05, 4.69) is 39.8 Å². The van der Waals surface area contributed by atoms with E-state index in [-0.39, 0.29) is 12.0 Å². The van der Waals surface area contributed by atoms with Crippen molar-refractivity contribution in [2.24, 2.45) is 17.8 Å². The van der Waals surface area contributed by atoms with Crippen LogP contribution in [-0.4, -0.2) is 22.3 Å². The predicted molar refractivity (Wildman–Crippen MR) is 134 cm³/mol. The molecule has 0 saturated heterocycles. The van der Waals surface area contributed by atoms with Crippen LogP contribution in [0.15, 0.2) is 12.2 Å². The Balaban J connectivity index is 3.77. The lowest BCUT2D eigenvalue weighted by Gasteiger charge is -2.18. The van der Waals surface area contributed by atoms with Crippen molar-refractivity contribution in [3.05, 3.63) is 12.2 Å². The summed E-state index contributed by atoms with van der Waals surface area (Å²) in [5.41, 5.74) is 0. The minimum atomic E-state index is -0.607. The van der Waals surface area contributed by atoms with Gasteiger partial charge in [0.05, 0.1) is 12.0 Å². The maximum Gasteiger partial charge on any atom is 0.306 e. The Morgan fingerprint density at radius 2 is 1.42 bits per heavy atom. The van der Waals surface area contributed by atoms with Gasteiger partial charge in [-0.15, -0.1) is 0 Å². The van der Waals surface area contributed by atoms with Gasteiger partial charge in [-0.2, -0.15) is 0 Å². The molecule has 2 N–H and O–H groups in total. The molecule has 0 radical (unpaired) electrons. The monoisotopic (exact) mass is 438 g/mol. The van der Waals surface area contributed by atoms with Crippen LogP contribution in [0.4, 0.5) is 0 Å². The molecule has 0 aromatic rings. The number of aliphatic carboxylic acids is 1. The number of carbonyl (C=O) groups is 1.